The first-order valence-corrected chi connectivity index (χ1v) is 7.59. The maximum absolute atomic E-state index is 12.2. The van der Waals surface area contributed by atoms with Crippen LogP contribution in [0.3, 0.4) is 0 Å². The first-order chi connectivity index (χ1) is 11.1. The van der Waals surface area contributed by atoms with Crippen LogP contribution in [0, 0.1) is 13.8 Å². The second-order valence-electron chi connectivity index (χ2n) is 5.61. The van der Waals surface area contributed by atoms with Crippen molar-refractivity contribution in [3.05, 3.63) is 41.2 Å². The molecule has 7 nitrogen and oxygen atoms in total. The van der Waals surface area contributed by atoms with Crippen molar-refractivity contribution < 1.29 is 23.2 Å². The Hall–Kier alpha value is -2.12. The monoisotopic (exact) mass is 320 g/mol. The first-order valence-electron chi connectivity index (χ1n) is 7.59. The van der Waals surface area contributed by atoms with Crippen molar-refractivity contribution in [2.24, 2.45) is 0 Å². The molecule has 1 aliphatic heterocycles. The van der Waals surface area contributed by atoms with Gasteiger partial charge in [0, 0.05) is 12.2 Å². The number of aromatic nitrogens is 1. The van der Waals surface area contributed by atoms with E-state index in [9.17, 15) is 4.79 Å². The average molecular weight is 320 g/mol. The van der Waals surface area contributed by atoms with E-state index in [1.54, 1.807) is 6.07 Å². The number of furan rings is 1. The number of ether oxygens (including phenoxy) is 2. The van der Waals surface area contributed by atoms with E-state index >= 15 is 0 Å². The molecule has 0 aliphatic carbocycles. The molecule has 0 bridgehead atoms. The molecule has 1 amide bonds. The summed E-state index contributed by atoms with van der Waals surface area (Å²) in [6.45, 7) is 5.16. The van der Waals surface area contributed by atoms with E-state index in [1.807, 2.05) is 13.8 Å². The van der Waals surface area contributed by atoms with E-state index in [4.69, 9.17) is 18.4 Å². The Morgan fingerprint density at radius 3 is 3.04 bits per heavy atom. The molecule has 7 heteroatoms. The van der Waals surface area contributed by atoms with Crippen LogP contribution in [0.2, 0.25) is 0 Å². The van der Waals surface area contributed by atoms with Gasteiger partial charge in [0.05, 0.1) is 36.8 Å². The summed E-state index contributed by atoms with van der Waals surface area (Å²) in [5.41, 5.74) is 2.26. The molecule has 0 radical (unpaired) electrons. The second kappa shape index (κ2) is 6.97. The highest BCUT2D eigenvalue weighted by molar-refractivity contribution is 5.94. The van der Waals surface area contributed by atoms with Gasteiger partial charge in [0.25, 0.3) is 5.91 Å². The van der Waals surface area contributed by atoms with Crippen molar-refractivity contribution >= 4 is 5.91 Å². The number of hydrogen-bond donors (Lipinski definition) is 1. The summed E-state index contributed by atoms with van der Waals surface area (Å²) >= 11 is 0. The average Bonchev–Trinajstić information content (AvgIpc) is 3.18. The zero-order chi connectivity index (χ0) is 16.2. The highest BCUT2D eigenvalue weighted by Gasteiger charge is 2.29. The number of carbonyl (C=O) groups is 1. The zero-order valence-corrected chi connectivity index (χ0v) is 13.2. The number of carbonyl (C=O) groups excluding carboxylic acids is 1. The van der Waals surface area contributed by atoms with Crippen molar-refractivity contribution in [3.8, 4) is 0 Å². The van der Waals surface area contributed by atoms with Crippen molar-refractivity contribution in [1.82, 2.24) is 10.5 Å². The highest BCUT2D eigenvalue weighted by Crippen LogP contribution is 2.18. The molecular weight excluding hydrogens is 300 g/mol. The third-order valence-corrected chi connectivity index (χ3v) is 4.03. The molecule has 2 aromatic rings. The minimum atomic E-state index is -0.215. The molecule has 23 heavy (non-hydrogen) atoms. The quantitative estimate of drug-likeness (QED) is 0.906. The van der Waals surface area contributed by atoms with Gasteiger partial charge in [-0.2, -0.15) is 0 Å². The van der Waals surface area contributed by atoms with Crippen molar-refractivity contribution in [2.45, 2.75) is 39.0 Å². The Balaban J connectivity index is 1.61. The number of aryl methyl sites for hydroxylation is 2. The van der Waals surface area contributed by atoms with Crippen LogP contribution >= 0.6 is 0 Å². The summed E-state index contributed by atoms with van der Waals surface area (Å²) < 4.78 is 21.5. The van der Waals surface area contributed by atoms with E-state index in [0.717, 1.165) is 17.0 Å². The molecule has 0 saturated carbocycles. The van der Waals surface area contributed by atoms with Gasteiger partial charge in [0.2, 0.25) is 0 Å². The fourth-order valence-electron chi connectivity index (χ4n) is 2.58. The summed E-state index contributed by atoms with van der Waals surface area (Å²) in [5, 5.41) is 6.90. The molecular formula is C16H20N2O5. The van der Waals surface area contributed by atoms with Gasteiger partial charge in [-0.1, -0.05) is 5.16 Å². The van der Waals surface area contributed by atoms with Crippen molar-refractivity contribution in [1.29, 1.82) is 0 Å². The zero-order valence-electron chi connectivity index (χ0n) is 13.2. The minimum Gasteiger partial charge on any atom is -0.472 e. The molecule has 1 saturated heterocycles. The van der Waals surface area contributed by atoms with Gasteiger partial charge in [0.15, 0.2) is 0 Å². The Morgan fingerprint density at radius 1 is 1.48 bits per heavy atom. The van der Waals surface area contributed by atoms with Crippen LogP contribution < -0.4 is 5.32 Å². The van der Waals surface area contributed by atoms with E-state index in [0.29, 0.717) is 31.8 Å². The lowest BCUT2D eigenvalue weighted by molar-refractivity contribution is -0.0739. The third-order valence-electron chi connectivity index (χ3n) is 4.03. The van der Waals surface area contributed by atoms with Gasteiger partial charge < -0.3 is 23.7 Å². The lowest BCUT2D eigenvalue weighted by atomic mass is 10.1. The second-order valence-corrected chi connectivity index (χ2v) is 5.61. The molecule has 3 heterocycles. The SMILES string of the molecule is Cc1noc(C)c1CO[C@@H]1COCC[C@H]1NC(=O)c1ccoc1. The molecule has 1 fully saturated rings. The standard InChI is InChI=1S/C16H20N2O5/c1-10-13(11(2)23-18-10)8-22-15-9-21-6-4-14(15)17-16(19)12-3-5-20-7-12/h3,5,7,14-15H,4,6,8-9H2,1-2H3,(H,17,19)/t14-,15-/m1/s1. The Morgan fingerprint density at radius 2 is 2.35 bits per heavy atom. The summed E-state index contributed by atoms with van der Waals surface area (Å²) in [7, 11) is 0. The Kier molecular flexibility index (Phi) is 4.78. The lowest BCUT2D eigenvalue weighted by Crippen LogP contribution is -2.49. The highest BCUT2D eigenvalue weighted by atomic mass is 16.5. The predicted molar refractivity (Wildman–Crippen MR) is 80.0 cm³/mol. The van der Waals surface area contributed by atoms with Crippen LogP contribution in [0.1, 0.15) is 33.8 Å². The molecule has 124 valence electrons. The van der Waals surface area contributed by atoms with Gasteiger partial charge in [-0.05, 0) is 26.3 Å². The topological polar surface area (TPSA) is 86.7 Å². The normalized spacial score (nSPS) is 21.3. The predicted octanol–water partition coefficient (Wildman–Crippen LogP) is 1.99. The van der Waals surface area contributed by atoms with Crippen LogP contribution in [0.4, 0.5) is 0 Å². The Bertz CT molecular complexity index is 630. The van der Waals surface area contributed by atoms with Crippen molar-refractivity contribution in [2.75, 3.05) is 13.2 Å². The van der Waals surface area contributed by atoms with Gasteiger partial charge in [-0.25, -0.2) is 0 Å². The smallest absolute Gasteiger partial charge is 0.254 e. The maximum Gasteiger partial charge on any atom is 0.254 e. The summed E-state index contributed by atoms with van der Waals surface area (Å²) in [6.07, 6.45) is 3.39. The van der Waals surface area contributed by atoms with E-state index in [-0.39, 0.29) is 18.1 Å². The van der Waals surface area contributed by atoms with Crippen LogP contribution in [0.5, 0.6) is 0 Å². The van der Waals surface area contributed by atoms with Crippen LogP contribution in [0.25, 0.3) is 0 Å². The molecule has 1 N–H and O–H groups in total. The van der Waals surface area contributed by atoms with E-state index in [1.165, 1.54) is 12.5 Å². The number of hydrogen-bond acceptors (Lipinski definition) is 6. The molecule has 1 aliphatic rings. The number of amides is 1. The first kappa shape index (κ1) is 15.8. The largest absolute Gasteiger partial charge is 0.472 e. The third kappa shape index (κ3) is 3.62. The fourth-order valence-corrected chi connectivity index (χ4v) is 2.58. The summed E-state index contributed by atoms with van der Waals surface area (Å²) in [4.78, 5) is 12.2. The fraction of sp³-hybridized carbons (Fsp3) is 0.500. The van der Waals surface area contributed by atoms with Crippen LogP contribution in [-0.2, 0) is 16.1 Å². The molecule has 0 spiro atoms. The molecule has 0 aromatic carbocycles. The lowest BCUT2D eigenvalue weighted by Gasteiger charge is -2.32. The number of nitrogens with one attached hydrogen (secondary N) is 1. The number of rotatable bonds is 5. The minimum absolute atomic E-state index is 0.105. The van der Waals surface area contributed by atoms with Crippen molar-refractivity contribution in [3.63, 3.8) is 0 Å². The summed E-state index contributed by atoms with van der Waals surface area (Å²) in [6, 6.07) is 1.53. The Labute approximate surface area is 133 Å². The van der Waals surface area contributed by atoms with Gasteiger partial charge >= 0.3 is 0 Å². The van der Waals surface area contributed by atoms with Crippen LogP contribution in [0.15, 0.2) is 27.5 Å². The van der Waals surface area contributed by atoms with Crippen LogP contribution in [-0.4, -0.2) is 36.4 Å². The molecule has 2 atom stereocenters. The van der Waals surface area contributed by atoms with E-state index < -0.39 is 0 Å². The molecule has 2 aromatic heterocycles. The molecule has 3 rings (SSSR count). The van der Waals surface area contributed by atoms with Gasteiger partial charge in [-0.3, -0.25) is 4.79 Å². The maximum atomic E-state index is 12.2. The molecule has 0 unspecified atom stereocenters. The summed E-state index contributed by atoms with van der Waals surface area (Å²) in [5.74, 6) is 0.579. The van der Waals surface area contributed by atoms with E-state index in [2.05, 4.69) is 10.5 Å². The van der Waals surface area contributed by atoms with Gasteiger partial charge in [-0.15, -0.1) is 0 Å². The van der Waals surface area contributed by atoms with Gasteiger partial charge in [0.1, 0.15) is 18.1 Å². The number of nitrogens with zero attached hydrogens (tertiary/aromatic N) is 1.